The van der Waals surface area contributed by atoms with Crippen LogP contribution in [0.5, 0.6) is 0 Å². The van der Waals surface area contributed by atoms with E-state index in [-0.39, 0.29) is 30.3 Å². The van der Waals surface area contributed by atoms with Crippen LogP contribution in [0.3, 0.4) is 0 Å². The minimum Gasteiger partial charge on any atom is -0.474 e. The second-order valence-corrected chi connectivity index (χ2v) is 14.9. The Morgan fingerprint density at radius 2 is 1.65 bits per heavy atom. The first kappa shape index (κ1) is 26.8. The number of nitrogens with one attached hydrogen (secondary N) is 1. The number of nitrogens with zero attached hydrogens (tertiary/aromatic N) is 1. The topological polar surface area (TPSA) is 139 Å². The molecule has 0 aromatic rings. The normalized spacial score (nSPS) is 19.5. The average Bonchev–Trinajstić information content (AvgIpc) is 2.58. The van der Waals surface area contributed by atoms with Gasteiger partial charge >= 0.3 is 18.0 Å². The molecule has 1 aliphatic heterocycles. The van der Waals surface area contributed by atoms with E-state index in [2.05, 4.69) is 5.32 Å². The first-order valence-corrected chi connectivity index (χ1v) is 13.0. The Kier molecular flexibility index (Phi) is 8.18. The molecular formula is C20H34N2O8Si. The Labute approximate surface area is 183 Å². The van der Waals surface area contributed by atoms with Crippen LogP contribution in [0.25, 0.3) is 0 Å². The number of aliphatic carboxylic acids is 1. The van der Waals surface area contributed by atoms with Crippen molar-refractivity contribution in [2.24, 2.45) is 0 Å². The van der Waals surface area contributed by atoms with Gasteiger partial charge in [0.2, 0.25) is 0 Å². The summed E-state index contributed by atoms with van der Waals surface area (Å²) in [6.45, 7) is 15.0. The summed E-state index contributed by atoms with van der Waals surface area (Å²) in [5.74, 6) is -4.28. The van der Waals surface area contributed by atoms with Gasteiger partial charge in [0.25, 0.3) is 5.91 Å². The SMILES string of the molecule is CC(C)(C)OC(=O)NC1C(=O)N(C(=O)C(=O)O)C1CCC(=O)CO[Si](C)(C)C(C)(C)C. The molecule has 10 nitrogen and oxygen atoms in total. The quantitative estimate of drug-likeness (QED) is 0.336. The first-order chi connectivity index (χ1) is 13.9. The van der Waals surface area contributed by atoms with Crippen molar-refractivity contribution in [2.45, 2.75) is 90.2 Å². The minimum absolute atomic E-state index is 0.00488. The molecule has 11 heteroatoms. The molecule has 0 saturated carbocycles. The Balaban J connectivity index is 2.80. The summed E-state index contributed by atoms with van der Waals surface area (Å²) in [7, 11) is -2.12. The highest BCUT2D eigenvalue weighted by atomic mass is 28.4. The van der Waals surface area contributed by atoms with Crippen LogP contribution in [0, 0.1) is 0 Å². The van der Waals surface area contributed by atoms with Gasteiger partial charge in [-0.1, -0.05) is 20.8 Å². The van der Waals surface area contributed by atoms with E-state index in [9.17, 15) is 24.0 Å². The fourth-order valence-electron chi connectivity index (χ4n) is 2.65. The van der Waals surface area contributed by atoms with Crippen molar-refractivity contribution in [1.29, 1.82) is 0 Å². The van der Waals surface area contributed by atoms with Crippen molar-refractivity contribution in [3.8, 4) is 0 Å². The number of rotatable bonds is 7. The molecule has 0 bridgehead atoms. The zero-order valence-electron chi connectivity index (χ0n) is 19.5. The molecule has 1 aliphatic rings. The Morgan fingerprint density at radius 3 is 2.10 bits per heavy atom. The molecule has 1 fully saturated rings. The Morgan fingerprint density at radius 1 is 1.10 bits per heavy atom. The number of carbonyl (C=O) groups excluding carboxylic acids is 4. The molecule has 2 unspecified atom stereocenters. The van der Waals surface area contributed by atoms with Gasteiger partial charge in [-0.2, -0.15) is 0 Å². The van der Waals surface area contributed by atoms with Crippen LogP contribution in [0.2, 0.25) is 18.1 Å². The van der Waals surface area contributed by atoms with Crippen molar-refractivity contribution < 1.29 is 38.2 Å². The van der Waals surface area contributed by atoms with Gasteiger partial charge < -0.3 is 19.6 Å². The van der Waals surface area contributed by atoms with Gasteiger partial charge in [0.15, 0.2) is 14.1 Å². The van der Waals surface area contributed by atoms with Crippen LogP contribution in [0.4, 0.5) is 4.79 Å². The van der Waals surface area contributed by atoms with Gasteiger partial charge in [0.05, 0.1) is 12.6 Å². The summed E-state index contributed by atoms with van der Waals surface area (Å²) in [6.07, 6.45) is -0.904. The number of carboxylic acids is 1. The standard InChI is InChI=1S/C20H34N2O8Si/c1-19(2,3)30-18(28)21-14-13(22(15(14)24)16(25)17(26)27)10-9-12(23)11-29-31(7,8)20(4,5)6/h13-14H,9-11H2,1-8H3,(H,21,28)(H,26,27). The molecule has 1 rings (SSSR count). The molecule has 31 heavy (non-hydrogen) atoms. The summed E-state index contributed by atoms with van der Waals surface area (Å²) in [6, 6.07) is -2.10. The van der Waals surface area contributed by atoms with Crippen molar-refractivity contribution in [2.75, 3.05) is 6.61 Å². The molecule has 2 atom stereocenters. The van der Waals surface area contributed by atoms with E-state index in [4.69, 9.17) is 14.3 Å². The number of ether oxygens (including phenoxy) is 1. The monoisotopic (exact) mass is 458 g/mol. The second kappa shape index (κ2) is 9.47. The van der Waals surface area contributed by atoms with Gasteiger partial charge in [0.1, 0.15) is 11.6 Å². The minimum atomic E-state index is -2.12. The number of Topliss-reactive ketones (excluding diaryl/α,β-unsaturated/α-hetero) is 1. The first-order valence-electron chi connectivity index (χ1n) is 10.1. The highest BCUT2D eigenvalue weighted by Crippen LogP contribution is 2.36. The average molecular weight is 459 g/mol. The number of hydrogen-bond donors (Lipinski definition) is 2. The van der Waals surface area contributed by atoms with Gasteiger partial charge in [0, 0.05) is 6.42 Å². The number of amides is 3. The maximum absolute atomic E-state index is 12.4. The van der Waals surface area contributed by atoms with Crippen molar-refractivity contribution in [3.63, 3.8) is 0 Å². The molecule has 0 aliphatic carbocycles. The number of ketones is 1. The lowest BCUT2D eigenvalue weighted by Crippen LogP contribution is -2.73. The zero-order chi connectivity index (χ0) is 24.4. The smallest absolute Gasteiger partial charge is 0.408 e. The van der Waals surface area contributed by atoms with E-state index in [0.717, 1.165) is 0 Å². The van der Waals surface area contributed by atoms with Crippen LogP contribution in [0.15, 0.2) is 0 Å². The lowest BCUT2D eigenvalue weighted by molar-refractivity contribution is -0.171. The van der Waals surface area contributed by atoms with Gasteiger partial charge in [-0.25, -0.2) is 9.59 Å². The van der Waals surface area contributed by atoms with Crippen LogP contribution in [0.1, 0.15) is 54.4 Å². The number of hydrogen-bond acceptors (Lipinski definition) is 7. The van der Waals surface area contributed by atoms with Crippen molar-refractivity contribution >= 4 is 38.0 Å². The van der Waals surface area contributed by atoms with E-state index in [1.807, 2.05) is 33.9 Å². The predicted octanol–water partition coefficient (Wildman–Crippen LogP) is 2.07. The highest BCUT2D eigenvalue weighted by Gasteiger charge is 2.53. The highest BCUT2D eigenvalue weighted by molar-refractivity contribution is 6.74. The van der Waals surface area contributed by atoms with Crippen molar-refractivity contribution in [3.05, 3.63) is 0 Å². The van der Waals surface area contributed by atoms with Gasteiger partial charge in [-0.3, -0.25) is 19.3 Å². The third-order valence-corrected chi connectivity index (χ3v) is 9.89. The number of carboxylic acid groups (broad SMARTS) is 1. The van der Waals surface area contributed by atoms with Crippen LogP contribution in [-0.4, -0.2) is 72.3 Å². The zero-order valence-corrected chi connectivity index (χ0v) is 20.5. The summed E-state index contributed by atoms with van der Waals surface area (Å²) in [4.78, 5) is 60.2. The fraction of sp³-hybridized carbons (Fsp3) is 0.750. The molecule has 0 radical (unpaired) electrons. The van der Waals surface area contributed by atoms with Crippen LogP contribution >= 0.6 is 0 Å². The molecule has 3 amide bonds. The Hall–Kier alpha value is -2.27. The van der Waals surface area contributed by atoms with Gasteiger partial charge in [-0.15, -0.1) is 0 Å². The molecule has 0 aromatic carbocycles. The molecule has 0 aromatic heterocycles. The molecule has 176 valence electrons. The number of imide groups is 1. The molecule has 2 N–H and O–H groups in total. The maximum Gasteiger partial charge on any atom is 0.408 e. The third kappa shape index (κ3) is 7.13. The van der Waals surface area contributed by atoms with Crippen LogP contribution < -0.4 is 5.32 Å². The second-order valence-electron chi connectivity index (χ2n) is 10.1. The molecule has 1 heterocycles. The summed E-state index contributed by atoms with van der Waals surface area (Å²) >= 11 is 0. The fourth-order valence-corrected chi connectivity index (χ4v) is 3.60. The summed E-state index contributed by atoms with van der Waals surface area (Å²) < 4.78 is 11.0. The third-order valence-electron chi connectivity index (χ3n) is 5.41. The maximum atomic E-state index is 12.4. The summed E-state index contributed by atoms with van der Waals surface area (Å²) in [5, 5.41) is 11.3. The predicted molar refractivity (Wildman–Crippen MR) is 114 cm³/mol. The van der Waals surface area contributed by atoms with Crippen molar-refractivity contribution in [1.82, 2.24) is 10.2 Å². The summed E-state index contributed by atoms with van der Waals surface area (Å²) in [5.41, 5.74) is -0.806. The van der Waals surface area contributed by atoms with E-state index < -0.39 is 49.9 Å². The van der Waals surface area contributed by atoms with Gasteiger partial charge in [-0.05, 0) is 45.3 Å². The number of β-lactam (4-membered cyclic amide) rings is 1. The lowest BCUT2D eigenvalue weighted by atomic mass is 9.90. The van der Waals surface area contributed by atoms with E-state index >= 15 is 0 Å². The molecule has 0 spiro atoms. The number of carbonyl (C=O) groups is 5. The van der Waals surface area contributed by atoms with E-state index in [0.29, 0.717) is 4.90 Å². The number of alkyl carbamates (subject to hydrolysis) is 1. The van der Waals surface area contributed by atoms with E-state index in [1.165, 1.54) is 0 Å². The largest absolute Gasteiger partial charge is 0.474 e. The Bertz CT molecular complexity index is 751. The number of likely N-dealkylation sites (tertiary alicyclic amines) is 1. The van der Waals surface area contributed by atoms with E-state index in [1.54, 1.807) is 20.8 Å². The molecular weight excluding hydrogens is 424 g/mol. The lowest BCUT2D eigenvalue weighted by Gasteiger charge is -2.44. The molecule has 1 saturated heterocycles. The van der Waals surface area contributed by atoms with Crippen LogP contribution in [-0.2, 0) is 28.3 Å².